The fourth-order valence-corrected chi connectivity index (χ4v) is 1.09. The van der Waals surface area contributed by atoms with Gasteiger partial charge in [-0.3, -0.25) is 4.79 Å². The third-order valence-electron chi connectivity index (χ3n) is 1.38. The van der Waals surface area contributed by atoms with E-state index in [1.54, 1.807) is 0 Å². The van der Waals surface area contributed by atoms with Gasteiger partial charge < -0.3 is 5.73 Å². The third kappa shape index (κ3) is 2.11. The summed E-state index contributed by atoms with van der Waals surface area (Å²) in [5, 5.41) is 3.49. The van der Waals surface area contributed by atoms with Gasteiger partial charge in [0, 0.05) is 10.6 Å². The van der Waals surface area contributed by atoms with E-state index < -0.39 is 5.91 Å². The van der Waals surface area contributed by atoms with E-state index in [-0.39, 0.29) is 10.6 Å². The maximum Gasteiger partial charge on any atom is 0.250 e. The number of primary amides is 1. The second-order valence-electron chi connectivity index (χ2n) is 2.22. The summed E-state index contributed by atoms with van der Waals surface area (Å²) in [6.45, 7) is 0. The quantitative estimate of drug-likeness (QED) is 0.439. The molecule has 0 radical (unpaired) electrons. The van der Waals surface area contributed by atoms with Crippen molar-refractivity contribution in [1.29, 1.82) is 0 Å². The average molecular weight is 197 g/mol. The lowest BCUT2D eigenvalue weighted by Gasteiger charge is -1.99. The molecule has 0 saturated heterocycles. The summed E-state index contributed by atoms with van der Waals surface area (Å²) in [5.41, 5.74) is 13.7. The normalized spacial score (nSPS) is 9.00. The highest BCUT2D eigenvalue weighted by molar-refractivity contribution is 6.34. The van der Waals surface area contributed by atoms with E-state index in [0.29, 0.717) is 5.69 Å². The van der Waals surface area contributed by atoms with Crippen LogP contribution >= 0.6 is 11.6 Å². The van der Waals surface area contributed by atoms with Crippen LogP contribution in [0.3, 0.4) is 0 Å². The van der Waals surface area contributed by atoms with Gasteiger partial charge in [-0.05, 0) is 17.7 Å². The molecule has 0 heterocycles. The fraction of sp³-hybridized carbons (Fsp3) is 0. The highest BCUT2D eigenvalue weighted by atomic mass is 35.5. The molecule has 0 bridgehead atoms. The molecule has 0 aliphatic rings. The van der Waals surface area contributed by atoms with E-state index in [1.165, 1.54) is 18.2 Å². The summed E-state index contributed by atoms with van der Waals surface area (Å²) in [7, 11) is 0. The number of hydrogen-bond donors (Lipinski definition) is 1. The predicted molar refractivity (Wildman–Crippen MR) is 48.8 cm³/mol. The molecule has 0 spiro atoms. The zero-order valence-electron chi connectivity index (χ0n) is 6.44. The van der Waals surface area contributed by atoms with Crippen molar-refractivity contribution in [2.24, 2.45) is 10.8 Å². The van der Waals surface area contributed by atoms with Gasteiger partial charge >= 0.3 is 0 Å². The molecule has 1 rings (SSSR count). The Bertz CT molecular complexity index is 397. The summed E-state index contributed by atoms with van der Waals surface area (Å²) < 4.78 is 0. The van der Waals surface area contributed by atoms with Crippen molar-refractivity contribution in [2.75, 3.05) is 0 Å². The number of hydrogen-bond acceptors (Lipinski definition) is 2. The highest BCUT2D eigenvalue weighted by Gasteiger charge is 2.05. The van der Waals surface area contributed by atoms with Crippen LogP contribution in [0.2, 0.25) is 5.02 Å². The molecular weight excluding hydrogens is 192 g/mol. The lowest BCUT2D eigenvalue weighted by molar-refractivity contribution is 0.100. The Morgan fingerprint density at radius 3 is 2.77 bits per heavy atom. The molecule has 0 aromatic heterocycles. The summed E-state index contributed by atoms with van der Waals surface area (Å²) in [4.78, 5) is 13.3. The number of halogens is 1. The van der Waals surface area contributed by atoms with Gasteiger partial charge in [0.1, 0.15) is 0 Å². The maximum atomic E-state index is 10.7. The van der Waals surface area contributed by atoms with E-state index in [4.69, 9.17) is 22.9 Å². The van der Waals surface area contributed by atoms with Crippen LogP contribution in [-0.2, 0) is 0 Å². The number of azide groups is 1. The average Bonchev–Trinajstić information content (AvgIpc) is 2.04. The molecule has 0 aliphatic carbocycles. The Balaban J connectivity index is 3.19. The van der Waals surface area contributed by atoms with Gasteiger partial charge in [-0.25, -0.2) is 0 Å². The first kappa shape index (κ1) is 9.38. The molecule has 0 aliphatic heterocycles. The monoisotopic (exact) mass is 196 g/mol. The van der Waals surface area contributed by atoms with Crippen molar-refractivity contribution in [3.05, 3.63) is 39.2 Å². The van der Waals surface area contributed by atoms with Crippen molar-refractivity contribution < 1.29 is 4.79 Å². The number of amides is 1. The molecule has 5 nitrogen and oxygen atoms in total. The number of nitrogens with zero attached hydrogens (tertiary/aromatic N) is 3. The first-order valence-corrected chi connectivity index (χ1v) is 3.67. The second kappa shape index (κ2) is 3.80. The predicted octanol–water partition coefficient (Wildman–Crippen LogP) is 2.38. The number of rotatable bonds is 2. The van der Waals surface area contributed by atoms with E-state index in [0.717, 1.165) is 0 Å². The molecule has 1 amide bonds. The molecular formula is C7H5ClN4O. The Hall–Kier alpha value is -1.71. The van der Waals surface area contributed by atoms with Gasteiger partial charge in [-0.15, -0.1) is 0 Å². The minimum Gasteiger partial charge on any atom is -0.366 e. The van der Waals surface area contributed by atoms with Crippen molar-refractivity contribution in [2.45, 2.75) is 0 Å². The van der Waals surface area contributed by atoms with E-state index in [9.17, 15) is 4.79 Å². The Kier molecular flexibility index (Phi) is 2.74. The summed E-state index contributed by atoms with van der Waals surface area (Å²) >= 11 is 5.68. The Labute approximate surface area is 78.7 Å². The standard InChI is InChI=1S/C7H5ClN4O/c8-6-3-4(11-12-10)1-2-5(6)7(9)13/h1-3H,(H2,9,13). The van der Waals surface area contributed by atoms with Crippen LogP contribution in [0, 0.1) is 0 Å². The Morgan fingerprint density at radius 2 is 2.31 bits per heavy atom. The minimum absolute atomic E-state index is 0.178. The second-order valence-corrected chi connectivity index (χ2v) is 2.63. The lowest BCUT2D eigenvalue weighted by atomic mass is 10.2. The molecule has 0 unspecified atom stereocenters. The van der Waals surface area contributed by atoms with Gasteiger partial charge in [0.15, 0.2) is 0 Å². The maximum absolute atomic E-state index is 10.7. The van der Waals surface area contributed by atoms with E-state index in [2.05, 4.69) is 10.0 Å². The van der Waals surface area contributed by atoms with Crippen LogP contribution in [0.25, 0.3) is 10.4 Å². The largest absolute Gasteiger partial charge is 0.366 e. The number of carbonyl (C=O) groups is 1. The SMILES string of the molecule is [N-]=[N+]=Nc1ccc(C(N)=O)c(Cl)c1. The molecule has 0 atom stereocenters. The van der Waals surface area contributed by atoms with Crippen LogP contribution in [0.5, 0.6) is 0 Å². The van der Waals surface area contributed by atoms with Gasteiger partial charge in [0.25, 0.3) is 0 Å². The number of nitrogens with two attached hydrogens (primary N) is 1. The van der Waals surface area contributed by atoms with Crippen molar-refractivity contribution in [3.63, 3.8) is 0 Å². The Morgan fingerprint density at radius 1 is 1.62 bits per heavy atom. The van der Waals surface area contributed by atoms with Crippen LogP contribution in [0.4, 0.5) is 5.69 Å². The molecule has 0 fully saturated rings. The molecule has 66 valence electrons. The molecule has 13 heavy (non-hydrogen) atoms. The van der Waals surface area contributed by atoms with Crippen molar-refractivity contribution in [1.82, 2.24) is 0 Å². The molecule has 6 heteroatoms. The summed E-state index contributed by atoms with van der Waals surface area (Å²) in [5.74, 6) is -0.613. The highest BCUT2D eigenvalue weighted by Crippen LogP contribution is 2.22. The van der Waals surface area contributed by atoms with Crippen LogP contribution in [0.1, 0.15) is 10.4 Å². The summed E-state index contributed by atoms with van der Waals surface area (Å²) in [6, 6.07) is 4.25. The van der Waals surface area contributed by atoms with Crippen molar-refractivity contribution in [3.8, 4) is 0 Å². The fourth-order valence-electron chi connectivity index (χ4n) is 0.818. The zero-order chi connectivity index (χ0) is 9.84. The molecule has 1 aromatic carbocycles. The first-order chi connectivity index (χ1) is 6.15. The van der Waals surface area contributed by atoms with E-state index >= 15 is 0 Å². The minimum atomic E-state index is -0.613. The smallest absolute Gasteiger partial charge is 0.250 e. The molecule has 0 saturated carbocycles. The molecule has 1 aromatic rings. The zero-order valence-corrected chi connectivity index (χ0v) is 7.19. The van der Waals surface area contributed by atoms with Gasteiger partial charge in [-0.2, -0.15) is 0 Å². The lowest BCUT2D eigenvalue weighted by Crippen LogP contribution is -2.11. The van der Waals surface area contributed by atoms with Crippen LogP contribution in [-0.4, -0.2) is 5.91 Å². The van der Waals surface area contributed by atoms with Crippen LogP contribution in [0.15, 0.2) is 23.3 Å². The molecule has 2 N–H and O–H groups in total. The van der Waals surface area contributed by atoms with Crippen LogP contribution < -0.4 is 5.73 Å². The van der Waals surface area contributed by atoms with Gasteiger partial charge in [-0.1, -0.05) is 22.8 Å². The van der Waals surface area contributed by atoms with Crippen molar-refractivity contribution >= 4 is 23.2 Å². The van der Waals surface area contributed by atoms with Gasteiger partial charge in [0.05, 0.1) is 10.6 Å². The topological polar surface area (TPSA) is 91.8 Å². The third-order valence-corrected chi connectivity index (χ3v) is 1.69. The van der Waals surface area contributed by atoms with E-state index in [1.807, 2.05) is 0 Å². The number of carbonyl (C=O) groups excluding carboxylic acids is 1. The number of benzene rings is 1. The first-order valence-electron chi connectivity index (χ1n) is 3.29. The summed E-state index contributed by atoms with van der Waals surface area (Å²) in [6.07, 6.45) is 0. The van der Waals surface area contributed by atoms with Gasteiger partial charge in [0.2, 0.25) is 5.91 Å².